The van der Waals surface area contributed by atoms with Crippen LogP contribution >= 0.6 is 15.9 Å². The number of methoxy groups -OCH3 is 1. The second kappa shape index (κ2) is 13.5. The summed E-state index contributed by atoms with van der Waals surface area (Å²) in [7, 11) is 1.57. The Labute approximate surface area is 273 Å². The van der Waals surface area contributed by atoms with E-state index in [4.69, 9.17) is 9.47 Å². The topological polar surface area (TPSA) is 99.6 Å². The van der Waals surface area contributed by atoms with Gasteiger partial charge in [-0.2, -0.15) is 0 Å². The number of rotatable bonds is 13. The molecule has 240 valence electrons. The molecule has 3 aliphatic rings. The molecule has 3 unspecified atom stereocenters. The lowest BCUT2D eigenvalue weighted by Gasteiger charge is -2.40. The maximum Gasteiger partial charge on any atom is 0.253 e. The number of nitrogens with zero attached hydrogens (tertiary/aromatic N) is 3. The lowest BCUT2D eigenvalue weighted by atomic mass is 9.70. The molecular formula is C35H42BrN3O6. The Morgan fingerprint density at radius 1 is 1.11 bits per heavy atom. The molecule has 9 nitrogen and oxygen atoms in total. The number of alkyl halides is 1. The molecule has 0 saturated carbocycles. The van der Waals surface area contributed by atoms with Crippen LogP contribution in [-0.2, 0) is 25.7 Å². The minimum atomic E-state index is -1.27. The fraction of sp³-hybridized carbons (Fsp3) is 0.457. The van der Waals surface area contributed by atoms with Crippen molar-refractivity contribution in [2.75, 3.05) is 31.7 Å². The van der Waals surface area contributed by atoms with E-state index in [2.05, 4.69) is 29.1 Å². The average Bonchev–Trinajstić information content (AvgIpc) is 3.63. The summed E-state index contributed by atoms with van der Waals surface area (Å²) < 4.78 is 12.1. The molecule has 0 aliphatic carbocycles. The van der Waals surface area contributed by atoms with Crippen molar-refractivity contribution in [3.8, 4) is 5.75 Å². The number of carbonyl (C=O) groups excluding carboxylic acids is 3. The van der Waals surface area contributed by atoms with E-state index in [1.807, 2.05) is 44.2 Å². The van der Waals surface area contributed by atoms with Gasteiger partial charge in [0.15, 0.2) is 0 Å². The van der Waals surface area contributed by atoms with Crippen LogP contribution in [0.25, 0.3) is 0 Å². The third kappa shape index (κ3) is 5.72. The van der Waals surface area contributed by atoms with E-state index >= 15 is 0 Å². The van der Waals surface area contributed by atoms with Crippen molar-refractivity contribution in [2.45, 2.75) is 55.4 Å². The maximum atomic E-state index is 14.8. The zero-order chi connectivity index (χ0) is 32.5. The van der Waals surface area contributed by atoms with Crippen molar-refractivity contribution < 1.29 is 29.0 Å². The van der Waals surface area contributed by atoms with Crippen molar-refractivity contribution in [3.05, 3.63) is 85.5 Å². The molecule has 7 atom stereocenters. The van der Waals surface area contributed by atoms with Crippen LogP contribution in [0.15, 0.2) is 79.9 Å². The van der Waals surface area contributed by atoms with Crippen LogP contribution in [0, 0.1) is 17.8 Å². The number of aliphatic hydroxyl groups is 1. The summed E-state index contributed by atoms with van der Waals surface area (Å²) in [5.74, 6) is -2.15. The summed E-state index contributed by atoms with van der Waals surface area (Å²) in [6.45, 7) is 12.0. The van der Waals surface area contributed by atoms with Crippen LogP contribution in [0.2, 0.25) is 0 Å². The summed E-state index contributed by atoms with van der Waals surface area (Å²) in [5, 5.41) is 10.6. The fourth-order valence-corrected chi connectivity index (χ4v) is 8.31. The molecule has 45 heavy (non-hydrogen) atoms. The van der Waals surface area contributed by atoms with Gasteiger partial charge in [-0.25, -0.2) is 0 Å². The van der Waals surface area contributed by atoms with Gasteiger partial charge >= 0.3 is 0 Å². The predicted octanol–water partition coefficient (Wildman–Crippen LogP) is 4.19. The standard InChI is InChI=1S/C35H42BrN3O6/c1-6-17-37(20-23-11-9-8-10-12-23)32(41)28-29-33(42)39(27(21-40)22(3)4)31(35(29)19-26(36)30(28)45-35)34(43)38(18-7-2)24-13-15-25(44-5)16-14-24/h6-16,22,26-31,40H,1-2,17-21H2,3-5H3/t26?,27-,28-,29-,30-,31?,35?/m0/s1. The third-order valence-corrected chi connectivity index (χ3v) is 10.2. The molecule has 10 heteroatoms. The van der Waals surface area contributed by atoms with Crippen molar-refractivity contribution in [1.82, 2.24) is 9.80 Å². The highest BCUT2D eigenvalue weighted by atomic mass is 79.9. The number of ether oxygens (including phenoxy) is 2. The first-order chi connectivity index (χ1) is 21.6. The molecular weight excluding hydrogens is 638 g/mol. The second-order valence-corrected chi connectivity index (χ2v) is 13.5. The summed E-state index contributed by atoms with van der Waals surface area (Å²) in [4.78, 5) is 48.5. The van der Waals surface area contributed by atoms with Gasteiger partial charge in [-0.3, -0.25) is 14.4 Å². The fourth-order valence-electron chi connectivity index (χ4n) is 7.37. The predicted molar refractivity (Wildman–Crippen MR) is 176 cm³/mol. The summed E-state index contributed by atoms with van der Waals surface area (Å²) in [5.41, 5.74) is 0.288. The number of hydrogen-bond acceptors (Lipinski definition) is 6. The highest BCUT2D eigenvalue weighted by molar-refractivity contribution is 9.09. The van der Waals surface area contributed by atoms with Gasteiger partial charge in [0, 0.05) is 30.1 Å². The maximum absolute atomic E-state index is 14.8. The number of fused-ring (bicyclic) bond motifs is 1. The zero-order valence-electron chi connectivity index (χ0n) is 26.1. The number of hydrogen-bond donors (Lipinski definition) is 1. The van der Waals surface area contributed by atoms with Gasteiger partial charge in [0.25, 0.3) is 5.91 Å². The average molecular weight is 681 g/mol. The third-order valence-electron chi connectivity index (χ3n) is 9.40. The normalized spacial score (nSPS) is 27.3. The number of likely N-dealkylation sites (tertiary alicyclic amines) is 1. The lowest BCUT2D eigenvalue weighted by Crippen LogP contribution is -2.60. The number of halogens is 1. The van der Waals surface area contributed by atoms with Gasteiger partial charge in [-0.15, -0.1) is 13.2 Å². The molecule has 2 aromatic carbocycles. The number of anilines is 1. The minimum Gasteiger partial charge on any atom is -0.497 e. The Morgan fingerprint density at radius 2 is 1.78 bits per heavy atom. The molecule has 3 aliphatic heterocycles. The van der Waals surface area contributed by atoms with Gasteiger partial charge in [0.2, 0.25) is 11.8 Å². The van der Waals surface area contributed by atoms with E-state index in [-0.39, 0.29) is 41.6 Å². The van der Waals surface area contributed by atoms with Crippen LogP contribution in [0.3, 0.4) is 0 Å². The van der Waals surface area contributed by atoms with E-state index in [0.717, 1.165) is 5.56 Å². The molecule has 1 N–H and O–H groups in total. The van der Waals surface area contributed by atoms with E-state index in [1.165, 1.54) is 4.90 Å². The van der Waals surface area contributed by atoms with Gasteiger partial charge in [-0.1, -0.05) is 72.3 Å². The molecule has 3 heterocycles. The van der Waals surface area contributed by atoms with Crippen molar-refractivity contribution in [1.29, 1.82) is 0 Å². The van der Waals surface area contributed by atoms with Crippen LogP contribution in [0.1, 0.15) is 25.8 Å². The van der Waals surface area contributed by atoms with Gasteiger partial charge in [-0.05, 0) is 42.2 Å². The van der Waals surface area contributed by atoms with Crippen LogP contribution < -0.4 is 9.64 Å². The Morgan fingerprint density at radius 3 is 2.36 bits per heavy atom. The quantitative estimate of drug-likeness (QED) is 0.252. The number of amides is 3. The molecule has 3 fully saturated rings. The highest BCUT2D eigenvalue weighted by Crippen LogP contribution is 2.61. The van der Waals surface area contributed by atoms with E-state index < -0.39 is 35.6 Å². The molecule has 5 rings (SSSR count). The Kier molecular flexibility index (Phi) is 9.86. The Balaban J connectivity index is 1.59. The van der Waals surface area contributed by atoms with E-state index in [9.17, 15) is 19.5 Å². The monoisotopic (exact) mass is 679 g/mol. The summed E-state index contributed by atoms with van der Waals surface area (Å²) in [6, 6.07) is 15.0. The van der Waals surface area contributed by atoms with Crippen molar-refractivity contribution >= 4 is 39.3 Å². The smallest absolute Gasteiger partial charge is 0.253 e. The summed E-state index contributed by atoms with van der Waals surface area (Å²) >= 11 is 3.77. The molecule has 3 amide bonds. The van der Waals surface area contributed by atoms with E-state index in [0.29, 0.717) is 30.9 Å². The van der Waals surface area contributed by atoms with Gasteiger partial charge < -0.3 is 29.3 Å². The highest BCUT2D eigenvalue weighted by Gasteiger charge is 2.77. The molecule has 0 radical (unpaired) electrons. The second-order valence-electron chi connectivity index (χ2n) is 12.3. The van der Waals surface area contributed by atoms with Crippen molar-refractivity contribution in [3.63, 3.8) is 0 Å². The minimum absolute atomic E-state index is 0.167. The van der Waals surface area contributed by atoms with Crippen LogP contribution in [-0.4, -0.2) is 88.0 Å². The van der Waals surface area contributed by atoms with Gasteiger partial charge in [0.05, 0.1) is 37.7 Å². The van der Waals surface area contributed by atoms with Crippen LogP contribution in [0.5, 0.6) is 5.75 Å². The van der Waals surface area contributed by atoms with Crippen LogP contribution in [0.4, 0.5) is 5.69 Å². The molecule has 2 bridgehead atoms. The first-order valence-corrected chi connectivity index (χ1v) is 16.3. The number of benzene rings is 2. The Bertz CT molecular complexity index is 1420. The summed E-state index contributed by atoms with van der Waals surface area (Å²) in [6.07, 6.45) is 3.07. The first kappa shape index (κ1) is 32.9. The zero-order valence-corrected chi connectivity index (χ0v) is 27.6. The SMILES string of the molecule is C=CCN(Cc1ccccc1)C(=O)[C@H]1[C@H]2C(=O)N([C@@H](CO)C(C)C)C(C(=O)N(CC=C)c3ccc(OC)cc3)C23CC(Br)[C@@H]1O3. The number of carbonyl (C=O) groups is 3. The van der Waals surface area contributed by atoms with Crippen molar-refractivity contribution in [2.24, 2.45) is 17.8 Å². The number of aliphatic hydroxyl groups excluding tert-OH is 1. The first-order valence-electron chi connectivity index (χ1n) is 15.4. The Hall–Kier alpha value is -3.47. The molecule has 1 spiro atoms. The lowest BCUT2D eigenvalue weighted by molar-refractivity contribution is -0.148. The van der Waals surface area contributed by atoms with Gasteiger partial charge in [0.1, 0.15) is 17.4 Å². The largest absolute Gasteiger partial charge is 0.497 e. The van der Waals surface area contributed by atoms with E-state index in [1.54, 1.807) is 53.3 Å². The molecule has 3 saturated heterocycles. The molecule has 2 aromatic rings. The molecule has 0 aromatic heterocycles.